The van der Waals surface area contributed by atoms with Crippen molar-refractivity contribution in [2.24, 2.45) is 0 Å². The zero-order valence-corrected chi connectivity index (χ0v) is 8.66. The first-order valence-corrected chi connectivity index (χ1v) is 4.70. The van der Waals surface area contributed by atoms with Gasteiger partial charge in [0.1, 0.15) is 18.6 Å². The third-order valence-electron chi connectivity index (χ3n) is 2.04. The van der Waals surface area contributed by atoms with Crippen LogP contribution in [-0.4, -0.2) is 27.6 Å². The highest BCUT2D eigenvalue weighted by atomic mass is 19.4. The van der Waals surface area contributed by atoms with Gasteiger partial charge in [0.15, 0.2) is 11.4 Å². The Morgan fingerprint density at radius 3 is 2.61 bits per heavy atom. The Hall–Kier alpha value is -1.93. The molecule has 0 atom stereocenters. The number of hydrogen-bond acceptors (Lipinski definition) is 3. The van der Waals surface area contributed by atoms with Crippen molar-refractivity contribution in [3.05, 3.63) is 24.2 Å². The minimum Gasteiger partial charge on any atom is -0.484 e. The van der Waals surface area contributed by atoms with E-state index in [9.17, 15) is 22.0 Å². The molecule has 0 aliphatic carbocycles. The Morgan fingerprint density at radius 1 is 1.28 bits per heavy atom. The fourth-order valence-electron chi connectivity index (χ4n) is 1.37. The van der Waals surface area contributed by atoms with Crippen LogP contribution in [-0.2, 0) is 6.18 Å². The highest BCUT2D eigenvalue weighted by Crippen LogP contribution is 2.31. The average molecular weight is 267 g/mol. The van der Waals surface area contributed by atoms with Gasteiger partial charge >= 0.3 is 6.18 Å². The number of alkyl halides is 5. The monoisotopic (exact) mass is 267 g/mol. The van der Waals surface area contributed by atoms with Crippen molar-refractivity contribution in [3.8, 4) is 5.75 Å². The van der Waals surface area contributed by atoms with Crippen LogP contribution >= 0.6 is 0 Å². The number of aromatic nitrogens is 3. The van der Waals surface area contributed by atoms with E-state index in [1.165, 1.54) is 0 Å². The molecule has 18 heavy (non-hydrogen) atoms. The summed E-state index contributed by atoms with van der Waals surface area (Å²) in [4.78, 5) is 3.55. The molecule has 0 aromatic carbocycles. The lowest BCUT2D eigenvalue weighted by atomic mass is 10.3. The Bertz CT molecular complexity index is 551. The number of halogens is 5. The molecule has 0 saturated heterocycles. The molecule has 0 spiro atoms. The molecule has 2 heterocycles. The summed E-state index contributed by atoms with van der Waals surface area (Å²) in [5, 5.41) is 3.39. The van der Waals surface area contributed by atoms with E-state index >= 15 is 0 Å². The van der Waals surface area contributed by atoms with Crippen LogP contribution in [0.3, 0.4) is 0 Å². The van der Waals surface area contributed by atoms with Crippen molar-refractivity contribution in [2.45, 2.75) is 12.6 Å². The quantitative estimate of drug-likeness (QED) is 0.801. The van der Waals surface area contributed by atoms with Gasteiger partial charge in [-0.05, 0) is 12.1 Å². The summed E-state index contributed by atoms with van der Waals surface area (Å²) in [7, 11) is 0. The molecule has 2 rings (SSSR count). The van der Waals surface area contributed by atoms with Gasteiger partial charge in [0.25, 0.3) is 6.43 Å². The molecular weight excluding hydrogens is 261 g/mol. The highest BCUT2D eigenvalue weighted by molar-refractivity contribution is 5.53. The molecule has 0 bridgehead atoms. The van der Waals surface area contributed by atoms with Crippen molar-refractivity contribution in [1.82, 2.24) is 14.6 Å². The summed E-state index contributed by atoms with van der Waals surface area (Å²) in [6.07, 6.45) is -6.46. The Morgan fingerprint density at radius 2 is 2.00 bits per heavy atom. The minimum atomic E-state index is -4.62. The van der Waals surface area contributed by atoms with Crippen LogP contribution in [0.15, 0.2) is 18.5 Å². The van der Waals surface area contributed by atoms with Gasteiger partial charge in [0, 0.05) is 0 Å². The fraction of sp³-hybridized carbons (Fsp3) is 0.333. The molecule has 98 valence electrons. The van der Waals surface area contributed by atoms with Crippen molar-refractivity contribution < 1.29 is 26.7 Å². The Labute approximate surface area is 97.0 Å². The number of hydrogen-bond donors (Lipinski definition) is 0. The first-order chi connectivity index (χ1) is 8.39. The van der Waals surface area contributed by atoms with E-state index in [4.69, 9.17) is 0 Å². The van der Waals surface area contributed by atoms with Crippen LogP contribution < -0.4 is 4.74 Å². The molecule has 0 fully saturated rings. The third-order valence-corrected chi connectivity index (χ3v) is 2.04. The highest BCUT2D eigenvalue weighted by Gasteiger charge is 2.34. The number of pyridine rings is 1. The van der Waals surface area contributed by atoms with Crippen molar-refractivity contribution >= 4 is 5.65 Å². The van der Waals surface area contributed by atoms with Gasteiger partial charge < -0.3 is 4.74 Å². The van der Waals surface area contributed by atoms with E-state index in [1.54, 1.807) is 0 Å². The standard InChI is InChI=1S/C9H6F5N3O/c10-7(11)3-18-5-1-2-6(9(12,13)14)17-8(5)15-4-16-17/h1-2,4,7H,3H2. The number of ether oxygens (including phenoxy) is 1. The lowest BCUT2D eigenvalue weighted by molar-refractivity contribution is -0.142. The van der Waals surface area contributed by atoms with Crippen molar-refractivity contribution in [3.63, 3.8) is 0 Å². The third kappa shape index (κ3) is 2.34. The predicted octanol–water partition coefficient (Wildman–Crippen LogP) is 2.39. The van der Waals surface area contributed by atoms with Crippen molar-refractivity contribution in [1.29, 1.82) is 0 Å². The van der Waals surface area contributed by atoms with Gasteiger partial charge in [-0.3, -0.25) is 0 Å². The predicted molar refractivity (Wildman–Crippen MR) is 49.5 cm³/mol. The zero-order valence-electron chi connectivity index (χ0n) is 8.66. The second-order valence-electron chi connectivity index (χ2n) is 3.28. The summed E-state index contributed by atoms with van der Waals surface area (Å²) in [5.41, 5.74) is -1.31. The summed E-state index contributed by atoms with van der Waals surface area (Å²) in [6.45, 7) is -0.923. The molecule has 2 aromatic heterocycles. The van der Waals surface area contributed by atoms with Crippen LogP contribution in [0.2, 0.25) is 0 Å². The van der Waals surface area contributed by atoms with E-state index in [0.717, 1.165) is 12.4 Å². The normalized spacial score (nSPS) is 12.3. The first kappa shape index (κ1) is 12.5. The lowest BCUT2D eigenvalue weighted by Gasteiger charge is -2.11. The van der Waals surface area contributed by atoms with Crippen LogP contribution in [0.1, 0.15) is 5.69 Å². The van der Waals surface area contributed by atoms with Crippen molar-refractivity contribution in [2.75, 3.05) is 6.61 Å². The van der Waals surface area contributed by atoms with E-state index < -0.39 is 24.9 Å². The number of rotatable bonds is 3. The van der Waals surface area contributed by atoms with E-state index in [0.29, 0.717) is 10.6 Å². The summed E-state index contributed by atoms with van der Waals surface area (Å²) in [5.74, 6) is -0.180. The van der Waals surface area contributed by atoms with E-state index in [1.807, 2.05) is 0 Å². The Kier molecular flexibility index (Phi) is 3.05. The first-order valence-electron chi connectivity index (χ1n) is 4.70. The van der Waals surface area contributed by atoms with Gasteiger partial charge in [0.2, 0.25) is 0 Å². The van der Waals surface area contributed by atoms with Crippen LogP contribution in [0.5, 0.6) is 5.75 Å². The van der Waals surface area contributed by atoms with Crippen LogP contribution in [0.25, 0.3) is 5.65 Å². The number of fused-ring (bicyclic) bond motifs is 1. The molecule has 0 saturated carbocycles. The molecule has 2 aromatic rings. The molecule has 0 amide bonds. The van der Waals surface area contributed by atoms with E-state index in [2.05, 4.69) is 14.8 Å². The SMILES string of the molecule is FC(F)COc1ccc(C(F)(F)F)n2ncnc12. The second-order valence-corrected chi connectivity index (χ2v) is 3.28. The molecule has 0 radical (unpaired) electrons. The summed E-state index contributed by atoms with van der Waals surface area (Å²) < 4.78 is 66.9. The minimum absolute atomic E-state index is 0.180. The molecule has 0 N–H and O–H groups in total. The topological polar surface area (TPSA) is 39.4 Å². The maximum Gasteiger partial charge on any atom is 0.433 e. The summed E-state index contributed by atoms with van der Waals surface area (Å²) in [6, 6.07) is 1.64. The summed E-state index contributed by atoms with van der Waals surface area (Å²) >= 11 is 0. The van der Waals surface area contributed by atoms with E-state index in [-0.39, 0.29) is 11.4 Å². The molecule has 0 aliphatic heterocycles. The zero-order chi connectivity index (χ0) is 13.3. The molecule has 9 heteroatoms. The maximum absolute atomic E-state index is 12.6. The lowest BCUT2D eigenvalue weighted by Crippen LogP contribution is -2.14. The average Bonchev–Trinajstić information content (AvgIpc) is 2.72. The van der Waals surface area contributed by atoms with Gasteiger partial charge in [-0.15, -0.1) is 0 Å². The van der Waals surface area contributed by atoms with Gasteiger partial charge in [-0.25, -0.2) is 18.3 Å². The number of nitrogens with zero attached hydrogens (tertiary/aromatic N) is 3. The smallest absolute Gasteiger partial charge is 0.433 e. The second kappa shape index (κ2) is 4.39. The maximum atomic E-state index is 12.6. The molecule has 0 aliphatic rings. The molecule has 4 nitrogen and oxygen atoms in total. The van der Waals surface area contributed by atoms with Crippen LogP contribution in [0.4, 0.5) is 22.0 Å². The Balaban J connectivity index is 2.44. The van der Waals surface area contributed by atoms with Gasteiger partial charge in [0.05, 0.1) is 0 Å². The van der Waals surface area contributed by atoms with Gasteiger partial charge in [-0.1, -0.05) is 0 Å². The fourth-order valence-corrected chi connectivity index (χ4v) is 1.37. The van der Waals surface area contributed by atoms with Gasteiger partial charge in [-0.2, -0.15) is 18.3 Å². The largest absolute Gasteiger partial charge is 0.484 e. The molecular formula is C9H6F5N3O. The molecule has 0 unspecified atom stereocenters. The van der Waals surface area contributed by atoms with Crippen LogP contribution in [0, 0.1) is 0 Å².